The Morgan fingerprint density at radius 2 is 0.786 bits per heavy atom. The number of hydrogen-bond donors (Lipinski definition) is 4. The van der Waals surface area contributed by atoms with Crippen LogP contribution in [0.2, 0.25) is 0 Å². The van der Waals surface area contributed by atoms with Crippen molar-refractivity contribution < 1.29 is 138 Å². The normalized spacial score (nSPS) is 8.29. The van der Waals surface area contributed by atoms with Crippen LogP contribution in [0.5, 0.6) is 0 Å². The van der Waals surface area contributed by atoms with E-state index in [1.165, 1.54) is 0 Å². The maximum atomic E-state index is 8.74. The summed E-state index contributed by atoms with van der Waals surface area (Å²) in [6, 6.07) is 0. The van der Waals surface area contributed by atoms with E-state index in [4.69, 9.17) is 35.0 Å². The molecular formula is H8K2N2O8S2. The molecule has 0 radical (unpaired) electrons. The van der Waals surface area contributed by atoms with Crippen LogP contribution in [-0.2, 0) is 20.8 Å². The third-order valence-corrected chi connectivity index (χ3v) is 0. The van der Waals surface area contributed by atoms with Crippen molar-refractivity contribution >= 4 is 20.8 Å². The Hall–Kier alpha value is 2.93. The van der Waals surface area contributed by atoms with Gasteiger partial charge in [-0.2, -0.15) is 8.42 Å². The monoisotopic (exact) mass is 306 g/mol. The summed E-state index contributed by atoms with van der Waals surface area (Å²) in [5, 5.41) is 0. The van der Waals surface area contributed by atoms with Crippen molar-refractivity contribution in [2.45, 2.75) is 0 Å². The topological polar surface area (TPSA) is 225 Å². The molecule has 0 atom stereocenters. The fourth-order valence-electron chi connectivity index (χ4n) is 0. The van der Waals surface area contributed by atoms with Gasteiger partial charge in [0.05, 0.1) is 0 Å². The van der Waals surface area contributed by atoms with Crippen LogP contribution < -0.4 is 115 Å². The standard InChI is InChI=1S/2K.2H3N.2H2O4S/c;;;;2*1-5(2,3)4/h;;2*1H3;2*(H2,1,2,3,4)/q2*+1;;;;/p-2. The van der Waals surface area contributed by atoms with Gasteiger partial charge in [-0.25, -0.2) is 0 Å². The van der Waals surface area contributed by atoms with Crippen LogP contribution in [0.1, 0.15) is 0 Å². The maximum Gasteiger partial charge on any atom is 1.00 e. The smallest absolute Gasteiger partial charge is 0.759 e. The molecule has 14 heteroatoms. The number of hydrogen-bond acceptors (Lipinski definition) is 8. The summed E-state index contributed by atoms with van der Waals surface area (Å²) < 4.78 is 65.7. The molecule has 0 fully saturated rings. The third-order valence-electron chi connectivity index (χ3n) is 0. The Balaban J connectivity index is -0.0000000178. The van der Waals surface area contributed by atoms with E-state index in [0.29, 0.717) is 0 Å². The van der Waals surface area contributed by atoms with E-state index in [2.05, 4.69) is 0 Å². The Labute approximate surface area is 167 Å². The van der Waals surface area contributed by atoms with E-state index in [9.17, 15) is 0 Å². The summed E-state index contributed by atoms with van der Waals surface area (Å²) >= 11 is 0. The Morgan fingerprint density at radius 1 is 0.786 bits per heavy atom. The Kier molecular flexibility index (Phi) is 40.9. The molecular weight excluding hydrogens is 298 g/mol. The zero-order chi connectivity index (χ0) is 9.00. The van der Waals surface area contributed by atoms with Gasteiger partial charge in [-0.3, -0.25) is 17.5 Å². The first kappa shape index (κ1) is 36.0. The van der Waals surface area contributed by atoms with E-state index in [1.807, 2.05) is 0 Å². The molecule has 0 aliphatic carbocycles. The fourth-order valence-corrected chi connectivity index (χ4v) is 0. The van der Waals surface area contributed by atoms with Crippen LogP contribution in [-0.4, -0.2) is 35.0 Å². The molecule has 0 aliphatic heterocycles. The fraction of sp³-hybridized carbons (Fsp3) is 0. The van der Waals surface area contributed by atoms with Crippen molar-refractivity contribution in [3.63, 3.8) is 0 Å². The van der Waals surface area contributed by atoms with Gasteiger partial charge < -0.3 is 21.4 Å². The summed E-state index contributed by atoms with van der Waals surface area (Å²) in [6.45, 7) is 0. The van der Waals surface area contributed by atoms with Crippen molar-refractivity contribution in [3.05, 3.63) is 0 Å². The Morgan fingerprint density at radius 3 is 0.786 bits per heavy atom. The average molecular weight is 306 g/mol. The van der Waals surface area contributed by atoms with E-state index in [0.717, 1.165) is 0 Å². The quantitative estimate of drug-likeness (QED) is 0.188. The molecule has 0 spiro atoms. The number of rotatable bonds is 0. The van der Waals surface area contributed by atoms with Crippen LogP contribution in [0.25, 0.3) is 0 Å². The summed E-state index contributed by atoms with van der Waals surface area (Å²) in [6.07, 6.45) is 0. The van der Waals surface area contributed by atoms with Gasteiger partial charge in [0, 0.05) is 10.4 Å². The van der Waals surface area contributed by atoms with Crippen molar-refractivity contribution in [2.75, 3.05) is 0 Å². The molecule has 0 heterocycles. The Bertz CT molecular complexity index is 220. The van der Waals surface area contributed by atoms with Gasteiger partial charge in [-0.1, -0.05) is 0 Å². The van der Waals surface area contributed by atoms with Crippen LogP contribution in [0, 0.1) is 0 Å². The minimum Gasteiger partial charge on any atom is -0.759 e. The predicted octanol–water partition coefficient (Wildman–Crippen LogP) is -7.66. The minimum atomic E-state index is -5.17. The van der Waals surface area contributed by atoms with Crippen LogP contribution in [0.4, 0.5) is 0 Å². The summed E-state index contributed by atoms with van der Waals surface area (Å²) in [5.74, 6) is 0. The first-order valence-corrected chi connectivity index (χ1v) is 4.10. The maximum absolute atomic E-state index is 8.74. The van der Waals surface area contributed by atoms with Gasteiger partial charge in [-0.05, 0) is 0 Å². The van der Waals surface area contributed by atoms with E-state index in [-0.39, 0.29) is 115 Å². The van der Waals surface area contributed by atoms with Gasteiger partial charge in [0.1, 0.15) is 0 Å². The molecule has 0 aromatic rings. The van der Waals surface area contributed by atoms with Crippen molar-refractivity contribution in [2.24, 2.45) is 0 Å². The third kappa shape index (κ3) is 337. The first-order chi connectivity index (χ1) is 4.00. The molecule has 0 saturated heterocycles. The summed E-state index contributed by atoms with van der Waals surface area (Å²) in [5.41, 5.74) is 0. The minimum absolute atomic E-state index is 0. The van der Waals surface area contributed by atoms with Gasteiger partial charge >= 0.3 is 113 Å². The first-order valence-electron chi connectivity index (χ1n) is 1.37. The van der Waals surface area contributed by atoms with Gasteiger partial charge in [-0.15, -0.1) is 0 Å². The van der Waals surface area contributed by atoms with Crippen molar-refractivity contribution in [1.29, 1.82) is 0 Å². The van der Waals surface area contributed by atoms with Gasteiger partial charge in [0.15, 0.2) is 0 Å². The second kappa shape index (κ2) is 15.9. The molecule has 10 nitrogen and oxygen atoms in total. The zero-order valence-corrected chi connectivity index (χ0v) is 15.5. The second-order valence-corrected chi connectivity index (χ2v) is 2.57. The van der Waals surface area contributed by atoms with Gasteiger partial charge in [0.25, 0.3) is 0 Å². The molecule has 14 heavy (non-hydrogen) atoms. The molecule has 0 unspecified atom stereocenters. The second-order valence-electron chi connectivity index (χ2n) is 0.856. The zero-order valence-electron chi connectivity index (χ0n) is 7.57. The van der Waals surface area contributed by atoms with Crippen molar-refractivity contribution in [1.82, 2.24) is 12.3 Å². The van der Waals surface area contributed by atoms with E-state index in [1.54, 1.807) is 0 Å². The molecule has 0 aromatic carbocycles. The van der Waals surface area contributed by atoms with Gasteiger partial charge in [0.2, 0.25) is 0 Å². The molecule has 80 valence electrons. The van der Waals surface area contributed by atoms with Crippen LogP contribution in [0.15, 0.2) is 0 Å². The van der Waals surface area contributed by atoms with Crippen LogP contribution in [0.3, 0.4) is 0 Å². The van der Waals surface area contributed by atoms with E-state index < -0.39 is 20.8 Å². The molecule has 0 rings (SSSR count). The largest absolute Gasteiger partial charge is 1.00 e. The molecule has 0 aromatic heterocycles. The van der Waals surface area contributed by atoms with Crippen LogP contribution >= 0.6 is 0 Å². The molecule has 0 bridgehead atoms. The molecule has 8 N–H and O–H groups in total. The molecule has 0 saturated carbocycles. The molecule has 0 amide bonds. The van der Waals surface area contributed by atoms with E-state index >= 15 is 0 Å². The van der Waals surface area contributed by atoms with Crippen molar-refractivity contribution in [3.8, 4) is 0 Å². The summed E-state index contributed by atoms with van der Waals surface area (Å²) in [7, 11) is -9.83. The predicted molar refractivity (Wildman–Crippen MR) is 34.7 cm³/mol. The SMILES string of the molecule is N.N.O=S(=O)(O)O.O=S(=O)([O-])[O-].[K+].[K+]. The summed E-state index contributed by atoms with van der Waals surface area (Å²) in [4.78, 5) is 0. The average Bonchev–Trinajstić information content (AvgIpc) is 1.12. The molecule has 0 aliphatic rings.